The third-order valence-corrected chi connectivity index (χ3v) is 6.02. The molecule has 1 aliphatic heterocycles. The highest BCUT2D eigenvalue weighted by atomic mass is 19.1. The third kappa shape index (κ3) is 4.38. The molecule has 3 nitrogen and oxygen atoms in total. The van der Waals surface area contributed by atoms with Crippen LogP contribution in [0.4, 0.5) is 10.1 Å². The fourth-order valence-corrected chi connectivity index (χ4v) is 4.57. The molecule has 1 fully saturated rings. The number of benzene rings is 2. The second-order valence-corrected chi connectivity index (χ2v) is 7.90. The van der Waals surface area contributed by atoms with E-state index in [4.69, 9.17) is 0 Å². The van der Waals surface area contributed by atoms with Crippen LogP contribution in [0, 0.1) is 11.7 Å². The maximum atomic E-state index is 13.7. The summed E-state index contributed by atoms with van der Waals surface area (Å²) in [6, 6.07) is 15.7. The monoisotopic (exact) mass is 366 g/mol. The molecule has 2 aromatic rings. The van der Waals surface area contributed by atoms with Crippen LogP contribution in [-0.2, 0) is 17.6 Å². The first kappa shape index (κ1) is 18.2. The van der Waals surface area contributed by atoms with E-state index in [0.29, 0.717) is 18.4 Å². The average molecular weight is 366 g/mol. The summed E-state index contributed by atoms with van der Waals surface area (Å²) < 4.78 is 13.7. The summed E-state index contributed by atoms with van der Waals surface area (Å²) >= 11 is 0. The Morgan fingerprint density at radius 2 is 1.78 bits per heavy atom. The van der Waals surface area contributed by atoms with Gasteiger partial charge in [-0.1, -0.05) is 36.4 Å². The number of hydrogen-bond donors (Lipinski definition) is 1. The van der Waals surface area contributed by atoms with Gasteiger partial charge in [0, 0.05) is 19.0 Å². The predicted octanol–water partition coefficient (Wildman–Crippen LogP) is 4.42. The van der Waals surface area contributed by atoms with Gasteiger partial charge in [0.2, 0.25) is 5.91 Å². The predicted molar refractivity (Wildman–Crippen MR) is 106 cm³/mol. The average Bonchev–Trinajstić information content (AvgIpc) is 3.13. The summed E-state index contributed by atoms with van der Waals surface area (Å²) in [6.07, 6.45) is 6.01. The molecule has 4 heteroatoms. The number of nitrogens with zero attached hydrogens (tertiary/aromatic N) is 1. The fraction of sp³-hybridized carbons (Fsp3) is 0.435. The molecule has 0 radical (unpaired) electrons. The second kappa shape index (κ2) is 8.22. The Morgan fingerprint density at radius 3 is 2.52 bits per heavy atom. The van der Waals surface area contributed by atoms with Gasteiger partial charge in [0.15, 0.2) is 0 Å². The van der Waals surface area contributed by atoms with Crippen LogP contribution in [0.2, 0.25) is 0 Å². The minimum Gasteiger partial charge on any atom is -0.324 e. The molecular formula is C23H27FN2O. The number of amides is 1. The molecule has 2 aromatic carbocycles. The van der Waals surface area contributed by atoms with Crippen molar-refractivity contribution in [1.29, 1.82) is 0 Å². The Labute approximate surface area is 160 Å². The van der Waals surface area contributed by atoms with E-state index in [1.54, 1.807) is 18.2 Å². The molecule has 1 amide bonds. The number of anilines is 1. The van der Waals surface area contributed by atoms with Crippen molar-refractivity contribution in [1.82, 2.24) is 4.90 Å². The van der Waals surface area contributed by atoms with Crippen molar-refractivity contribution in [3.05, 3.63) is 65.5 Å². The van der Waals surface area contributed by atoms with E-state index in [2.05, 4.69) is 34.5 Å². The highest BCUT2D eigenvalue weighted by molar-refractivity contribution is 5.90. The van der Waals surface area contributed by atoms with Crippen LogP contribution in [0.5, 0.6) is 0 Å². The second-order valence-electron chi connectivity index (χ2n) is 7.90. The zero-order chi connectivity index (χ0) is 18.6. The Balaban J connectivity index is 1.27. The zero-order valence-corrected chi connectivity index (χ0v) is 15.7. The van der Waals surface area contributed by atoms with E-state index in [1.165, 1.54) is 30.0 Å². The highest BCUT2D eigenvalue weighted by Gasteiger charge is 2.30. The van der Waals surface area contributed by atoms with Crippen molar-refractivity contribution < 1.29 is 9.18 Å². The Hall–Kier alpha value is -2.20. The summed E-state index contributed by atoms with van der Waals surface area (Å²) in [7, 11) is 0. The lowest BCUT2D eigenvalue weighted by Crippen LogP contribution is -2.43. The van der Waals surface area contributed by atoms with Gasteiger partial charge in [-0.3, -0.25) is 9.69 Å². The van der Waals surface area contributed by atoms with Crippen LogP contribution in [0.1, 0.15) is 36.8 Å². The van der Waals surface area contributed by atoms with Crippen LogP contribution in [-0.4, -0.2) is 29.9 Å². The molecule has 0 saturated carbocycles. The molecule has 1 saturated heterocycles. The molecule has 0 unspecified atom stereocenters. The van der Waals surface area contributed by atoms with Crippen molar-refractivity contribution in [2.45, 2.75) is 44.6 Å². The molecular weight excluding hydrogens is 339 g/mol. The molecule has 1 aliphatic carbocycles. The van der Waals surface area contributed by atoms with Crippen molar-refractivity contribution in [2.75, 3.05) is 18.4 Å². The van der Waals surface area contributed by atoms with Gasteiger partial charge in [-0.25, -0.2) is 4.39 Å². The fourth-order valence-electron chi connectivity index (χ4n) is 4.57. The van der Waals surface area contributed by atoms with Gasteiger partial charge in [0.1, 0.15) is 5.82 Å². The van der Waals surface area contributed by atoms with Crippen LogP contribution in [0.15, 0.2) is 48.5 Å². The number of carbonyl (C=O) groups is 1. The normalized spacial score (nSPS) is 20.4. The van der Waals surface area contributed by atoms with Gasteiger partial charge in [-0.15, -0.1) is 0 Å². The van der Waals surface area contributed by atoms with Crippen LogP contribution < -0.4 is 5.32 Å². The van der Waals surface area contributed by atoms with Gasteiger partial charge in [-0.05, 0) is 67.8 Å². The number of halogens is 1. The Bertz CT molecular complexity index is 781. The first-order valence-corrected chi connectivity index (χ1v) is 10.0. The van der Waals surface area contributed by atoms with Crippen molar-refractivity contribution in [3.8, 4) is 0 Å². The SMILES string of the molecule is O=C(CC[C@@H]1CCCN(C2Cc3ccccc3C2)C1)Nc1ccccc1F. The van der Waals surface area contributed by atoms with Crippen molar-refractivity contribution in [3.63, 3.8) is 0 Å². The molecule has 142 valence electrons. The number of hydrogen-bond acceptors (Lipinski definition) is 2. The van der Waals surface area contributed by atoms with E-state index in [1.807, 2.05) is 0 Å². The highest BCUT2D eigenvalue weighted by Crippen LogP contribution is 2.30. The number of likely N-dealkylation sites (tertiary alicyclic amines) is 1. The Kier molecular flexibility index (Phi) is 5.53. The van der Waals surface area contributed by atoms with Gasteiger partial charge in [0.25, 0.3) is 0 Å². The molecule has 1 atom stereocenters. The molecule has 2 aliphatic rings. The summed E-state index contributed by atoms with van der Waals surface area (Å²) in [5.41, 5.74) is 3.26. The molecule has 1 N–H and O–H groups in total. The largest absolute Gasteiger partial charge is 0.324 e. The Morgan fingerprint density at radius 1 is 1.07 bits per heavy atom. The number of fused-ring (bicyclic) bond motifs is 1. The van der Waals surface area contributed by atoms with Crippen LogP contribution >= 0.6 is 0 Å². The molecule has 1 heterocycles. The number of rotatable bonds is 5. The van der Waals surface area contributed by atoms with E-state index in [0.717, 1.165) is 32.4 Å². The van der Waals surface area contributed by atoms with Gasteiger partial charge in [0.05, 0.1) is 5.69 Å². The minimum atomic E-state index is -0.379. The first-order valence-electron chi connectivity index (χ1n) is 10.0. The quantitative estimate of drug-likeness (QED) is 0.849. The van der Waals surface area contributed by atoms with Gasteiger partial charge in [-0.2, -0.15) is 0 Å². The van der Waals surface area contributed by atoms with Crippen LogP contribution in [0.3, 0.4) is 0 Å². The molecule has 27 heavy (non-hydrogen) atoms. The van der Waals surface area contributed by atoms with E-state index >= 15 is 0 Å². The zero-order valence-electron chi connectivity index (χ0n) is 15.7. The molecule has 0 bridgehead atoms. The number of piperidine rings is 1. The molecule has 0 aromatic heterocycles. The van der Waals surface area contributed by atoms with Gasteiger partial charge >= 0.3 is 0 Å². The first-order chi connectivity index (χ1) is 13.2. The van der Waals surface area contributed by atoms with Crippen molar-refractivity contribution in [2.24, 2.45) is 5.92 Å². The molecule has 0 spiro atoms. The lowest BCUT2D eigenvalue weighted by atomic mass is 9.92. The molecule has 4 rings (SSSR count). The van der Waals surface area contributed by atoms with E-state index < -0.39 is 0 Å². The van der Waals surface area contributed by atoms with Gasteiger partial charge < -0.3 is 5.32 Å². The topological polar surface area (TPSA) is 32.3 Å². The van der Waals surface area contributed by atoms with Crippen molar-refractivity contribution >= 4 is 11.6 Å². The summed E-state index contributed by atoms with van der Waals surface area (Å²) in [5, 5.41) is 2.70. The number of nitrogens with one attached hydrogen (secondary N) is 1. The lowest BCUT2D eigenvalue weighted by Gasteiger charge is -2.36. The summed E-state index contributed by atoms with van der Waals surface area (Å²) in [5.74, 6) is 0.0785. The summed E-state index contributed by atoms with van der Waals surface area (Å²) in [4.78, 5) is 14.8. The standard InChI is InChI=1S/C23H27FN2O/c24-21-9-3-4-10-22(21)25-23(27)12-11-17-6-5-13-26(16-17)20-14-18-7-1-2-8-19(18)15-20/h1-4,7-10,17,20H,5-6,11-16H2,(H,25,27)/t17-/m0/s1. The summed E-state index contributed by atoms with van der Waals surface area (Å²) in [6.45, 7) is 2.24. The third-order valence-electron chi connectivity index (χ3n) is 6.02. The van der Waals surface area contributed by atoms with E-state index in [9.17, 15) is 9.18 Å². The lowest BCUT2D eigenvalue weighted by molar-refractivity contribution is -0.116. The smallest absolute Gasteiger partial charge is 0.224 e. The number of para-hydroxylation sites is 1. The van der Waals surface area contributed by atoms with Crippen LogP contribution in [0.25, 0.3) is 0 Å². The maximum absolute atomic E-state index is 13.7. The van der Waals surface area contributed by atoms with E-state index in [-0.39, 0.29) is 17.4 Å². The minimum absolute atomic E-state index is 0.0921. The number of carbonyl (C=O) groups excluding carboxylic acids is 1. The maximum Gasteiger partial charge on any atom is 0.224 e.